The van der Waals surface area contributed by atoms with E-state index in [0.29, 0.717) is 24.1 Å². The summed E-state index contributed by atoms with van der Waals surface area (Å²) in [5, 5.41) is 0. The van der Waals surface area contributed by atoms with Gasteiger partial charge in [-0.05, 0) is 48.9 Å². The van der Waals surface area contributed by atoms with Crippen LogP contribution in [-0.4, -0.2) is 52.4 Å². The third kappa shape index (κ3) is 4.53. The Morgan fingerprint density at radius 1 is 1.28 bits per heavy atom. The molecule has 2 aromatic rings. The number of carbonyl (C=O) groups is 1. The molecule has 0 N–H and O–H groups in total. The molecule has 2 aromatic heterocycles. The van der Waals surface area contributed by atoms with Crippen LogP contribution in [0.25, 0.3) is 0 Å². The molecule has 0 aromatic carbocycles. The van der Waals surface area contributed by atoms with Gasteiger partial charge in [-0.15, -0.1) is 0 Å². The summed E-state index contributed by atoms with van der Waals surface area (Å²) in [6.07, 6.45) is 8.42. The molecule has 25 heavy (non-hydrogen) atoms. The molecule has 0 saturated carbocycles. The summed E-state index contributed by atoms with van der Waals surface area (Å²) < 4.78 is 0. The molecule has 1 saturated heterocycles. The van der Waals surface area contributed by atoms with Gasteiger partial charge in [-0.2, -0.15) is 0 Å². The van der Waals surface area contributed by atoms with Gasteiger partial charge in [-0.3, -0.25) is 9.78 Å². The zero-order chi connectivity index (χ0) is 17.6. The van der Waals surface area contributed by atoms with Gasteiger partial charge in [-0.1, -0.05) is 6.92 Å². The fraction of sp³-hybridized carbons (Fsp3) is 0.474. The number of hydrogen-bond acceptors (Lipinski definition) is 5. The molecule has 0 aliphatic carbocycles. The lowest BCUT2D eigenvalue weighted by molar-refractivity contribution is 0.0790. The number of anilines is 1. The Hall–Kier alpha value is -2.50. The first-order chi connectivity index (χ1) is 12.1. The van der Waals surface area contributed by atoms with E-state index in [1.165, 1.54) is 12.0 Å². The van der Waals surface area contributed by atoms with Crippen molar-refractivity contribution < 1.29 is 4.79 Å². The van der Waals surface area contributed by atoms with E-state index in [9.17, 15) is 4.79 Å². The SMILES string of the molecule is CC1CCCN(c2nccc(C(=O)N(C)CCc3ccncc3)n2)C1. The average Bonchev–Trinajstić information content (AvgIpc) is 2.66. The van der Waals surface area contributed by atoms with Crippen LogP contribution in [0.5, 0.6) is 0 Å². The first-order valence-corrected chi connectivity index (χ1v) is 8.86. The molecular weight excluding hydrogens is 314 g/mol. The minimum absolute atomic E-state index is 0.0669. The molecular formula is C19H25N5O. The first kappa shape index (κ1) is 17.3. The van der Waals surface area contributed by atoms with Crippen molar-refractivity contribution in [1.29, 1.82) is 0 Å². The van der Waals surface area contributed by atoms with Gasteiger partial charge in [0.1, 0.15) is 5.69 Å². The highest BCUT2D eigenvalue weighted by atomic mass is 16.2. The van der Waals surface area contributed by atoms with E-state index in [1.807, 2.05) is 19.2 Å². The summed E-state index contributed by atoms with van der Waals surface area (Å²) in [4.78, 5) is 29.5. The van der Waals surface area contributed by atoms with Crippen molar-refractivity contribution in [2.75, 3.05) is 31.6 Å². The monoisotopic (exact) mass is 339 g/mol. The molecule has 1 fully saturated rings. The standard InChI is InChI=1S/C19H25N5O/c1-15-4-3-12-24(14-15)19-21-11-7-17(22-19)18(25)23(2)13-8-16-5-9-20-10-6-16/h5-7,9-11,15H,3-4,8,12-14H2,1-2H3. The largest absolute Gasteiger partial charge is 0.341 e. The van der Waals surface area contributed by atoms with Crippen molar-refractivity contribution in [3.63, 3.8) is 0 Å². The van der Waals surface area contributed by atoms with Crippen LogP contribution in [0.3, 0.4) is 0 Å². The topological polar surface area (TPSA) is 62.2 Å². The Labute approximate surface area is 148 Å². The maximum atomic E-state index is 12.7. The van der Waals surface area contributed by atoms with Crippen molar-refractivity contribution in [2.24, 2.45) is 5.92 Å². The molecule has 6 nitrogen and oxygen atoms in total. The highest BCUT2D eigenvalue weighted by Gasteiger charge is 2.20. The Balaban J connectivity index is 1.64. The van der Waals surface area contributed by atoms with E-state index in [0.717, 1.165) is 25.9 Å². The Bertz CT molecular complexity index is 706. The second kappa shape index (κ2) is 8.05. The lowest BCUT2D eigenvalue weighted by Gasteiger charge is -2.31. The van der Waals surface area contributed by atoms with Gasteiger partial charge in [-0.25, -0.2) is 9.97 Å². The van der Waals surface area contributed by atoms with Crippen molar-refractivity contribution in [2.45, 2.75) is 26.2 Å². The molecule has 1 aliphatic heterocycles. The van der Waals surface area contributed by atoms with Gasteiger partial charge < -0.3 is 9.80 Å². The van der Waals surface area contributed by atoms with Gasteiger partial charge in [0, 0.05) is 45.3 Å². The molecule has 1 unspecified atom stereocenters. The van der Waals surface area contributed by atoms with Crippen LogP contribution in [0.1, 0.15) is 35.8 Å². The lowest BCUT2D eigenvalue weighted by Crippen LogP contribution is -2.36. The summed E-state index contributed by atoms with van der Waals surface area (Å²) in [5.41, 5.74) is 1.63. The number of rotatable bonds is 5. The Morgan fingerprint density at radius 2 is 2.08 bits per heavy atom. The fourth-order valence-corrected chi connectivity index (χ4v) is 3.13. The van der Waals surface area contributed by atoms with E-state index in [-0.39, 0.29) is 5.91 Å². The van der Waals surface area contributed by atoms with E-state index < -0.39 is 0 Å². The quantitative estimate of drug-likeness (QED) is 0.837. The summed E-state index contributed by atoms with van der Waals surface area (Å²) in [5.74, 6) is 1.24. The number of aromatic nitrogens is 3. The Morgan fingerprint density at radius 3 is 2.84 bits per heavy atom. The van der Waals surface area contributed by atoms with Crippen LogP contribution < -0.4 is 4.90 Å². The van der Waals surface area contributed by atoms with Crippen molar-refractivity contribution in [3.05, 3.63) is 48.0 Å². The summed E-state index contributed by atoms with van der Waals surface area (Å²) >= 11 is 0. The predicted octanol–water partition coefficient (Wildman–Crippen LogP) is 2.42. The molecule has 0 spiro atoms. The molecule has 3 rings (SSSR count). The molecule has 3 heterocycles. The second-order valence-electron chi connectivity index (χ2n) is 6.77. The predicted molar refractivity (Wildman–Crippen MR) is 97.5 cm³/mol. The van der Waals surface area contributed by atoms with Crippen LogP contribution in [0.2, 0.25) is 0 Å². The van der Waals surface area contributed by atoms with Crippen LogP contribution in [0.4, 0.5) is 5.95 Å². The number of pyridine rings is 1. The van der Waals surface area contributed by atoms with E-state index in [1.54, 1.807) is 29.6 Å². The number of carbonyl (C=O) groups excluding carboxylic acids is 1. The highest BCUT2D eigenvalue weighted by molar-refractivity contribution is 5.92. The molecule has 1 aliphatic rings. The molecule has 0 bridgehead atoms. The van der Waals surface area contributed by atoms with E-state index in [2.05, 4.69) is 26.8 Å². The third-order valence-electron chi connectivity index (χ3n) is 4.63. The van der Waals surface area contributed by atoms with Gasteiger partial charge in [0.25, 0.3) is 5.91 Å². The molecule has 1 atom stereocenters. The normalized spacial score (nSPS) is 17.4. The average molecular weight is 339 g/mol. The van der Waals surface area contributed by atoms with Crippen LogP contribution in [0, 0.1) is 5.92 Å². The van der Waals surface area contributed by atoms with Crippen molar-refractivity contribution in [3.8, 4) is 0 Å². The van der Waals surface area contributed by atoms with Crippen molar-refractivity contribution in [1.82, 2.24) is 19.9 Å². The molecule has 0 radical (unpaired) electrons. The minimum atomic E-state index is -0.0669. The number of nitrogens with zero attached hydrogens (tertiary/aromatic N) is 5. The van der Waals surface area contributed by atoms with Gasteiger partial charge >= 0.3 is 0 Å². The van der Waals surface area contributed by atoms with Crippen LogP contribution >= 0.6 is 0 Å². The maximum absolute atomic E-state index is 12.7. The highest BCUT2D eigenvalue weighted by Crippen LogP contribution is 2.19. The Kier molecular flexibility index (Phi) is 5.58. The number of piperidine rings is 1. The summed E-state index contributed by atoms with van der Waals surface area (Å²) in [6, 6.07) is 5.64. The van der Waals surface area contributed by atoms with Crippen LogP contribution in [-0.2, 0) is 6.42 Å². The smallest absolute Gasteiger partial charge is 0.272 e. The molecule has 6 heteroatoms. The number of hydrogen-bond donors (Lipinski definition) is 0. The third-order valence-corrected chi connectivity index (χ3v) is 4.63. The van der Waals surface area contributed by atoms with E-state index >= 15 is 0 Å². The fourth-order valence-electron chi connectivity index (χ4n) is 3.13. The number of amides is 1. The van der Waals surface area contributed by atoms with E-state index in [4.69, 9.17) is 0 Å². The zero-order valence-electron chi connectivity index (χ0n) is 14.9. The maximum Gasteiger partial charge on any atom is 0.272 e. The van der Waals surface area contributed by atoms with Gasteiger partial charge in [0.05, 0.1) is 0 Å². The van der Waals surface area contributed by atoms with Gasteiger partial charge in [0.15, 0.2) is 0 Å². The summed E-state index contributed by atoms with van der Waals surface area (Å²) in [6.45, 7) is 4.80. The minimum Gasteiger partial charge on any atom is -0.341 e. The van der Waals surface area contributed by atoms with Gasteiger partial charge in [0.2, 0.25) is 5.95 Å². The molecule has 1 amide bonds. The lowest BCUT2D eigenvalue weighted by atomic mass is 10.0. The van der Waals surface area contributed by atoms with Crippen molar-refractivity contribution >= 4 is 11.9 Å². The number of likely N-dealkylation sites (N-methyl/N-ethyl adjacent to an activating group) is 1. The first-order valence-electron chi connectivity index (χ1n) is 8.86. The molecule has 132 valence electrons. The zero-order valence-corrected chi connectivity index (χ0v) is 14.9. The van der Waals surface area contributed by atoms with Crippen LogP contribution in [0.15, 0.2) is 36.8 Å². The second-order valence-corrected chi connectivity index (χ2v) is 6.77. The summed E-state index contributed by atoms with van der Waals surface area (Å²) in [7, 11) is 1.81.